The number of hydrogen-bond acceptors (Lipinski definition) is 6. The number of anilines is 2. The van der Waals surface area contributed by atoms with Crippen molar-refractivity contribution >= 4 is 61.9 Å². The SMILES string of the molecule is CC(=O)c1cnc2sc(C(=O)Nc3cccc(NC(=O)c4cccs4)c3)c(C)c2c1. The van der Waals surface area contributed by atoms with E-state index in [1.165, 1.54) is 35.8 Å². The molecule has 0 unspecified atom stereocenters. The minimum atomic E-state index is -0.262. The summed E-state index contributed by atoms with van der Waals surface area (Å²) in [6.45, 7) is 3.33. The number of rotatable bonds is 5. The van der Waals surface area contributed by atoms with Crippen molar-refractivity contribution in [2.24, 2.45) is 0 Å². The van der Waals surface area contributed by atoms with Crippen LogP contribution < -0.4 is 10.6 Å². The molecule has 0 bridgehead atoms. The normalized spacial score (nSPS) is 10.7. The van der Waals surface area contributed by atoms with Gasteiger partial charge in [0.1, 0.15) is 4.83 Å². The number of pyridine rings is 1. The molecule has 0 aliphatic carbocycles. The fourth-order valence-corrected chi connectivity index (χ4v) is 4.62. The number of carbonyl (C=O) groups is 3. The van der Waals surface area contributed by atoms with Crippen LogP contribution in [0.1, 0.15) is 42.2 Å². The largest absolute Gasteiger partial charge is 0.321 e. The van der Waals surface area contributed by atoms with Gasteiger partial charge in [0.2, 0.25) is 0 Å². The topological polar surface area (TPSA) is 88.2 Å². The Morgan fingerprint density at radius 1 is 0.967 bits per heavy atom. The Labute approximate surface area is 180 Å². The molecule has 0 radical (unpaired) electrons. The zero-order valence-corrected chi connectivity index (χ0v) is 17.8. The quantitative estimate of drug-likeness (QED) is 0.412. The number of carbonyl (C=O) groups excluding carboxylic acids is 3. The molecule has 0 spiro atoms. The molecule has 30 heavy (non-hydrogen) atoms. The van der Waals surface area contributed by atoms with Gasteiger partial charge in [-0.2, -0.15) is 0 Å². The van der Waals surface area contributed by atoms with Gasteiger partial charge in [-0.05, 0) is 55.1 Å². The molecule has 3 heterocycles. The molecule has 0 aliphatic rings. The van der Waals surface area contributed by atoms with Crippen LogP contribution in [0.4, 0.5) is 11.4 Å². The van der Waals surface area contributed by atoms with Crippen LogP contribution in [0.3, 0.4) is 0 Å². The van der Waals surface area contributed by atoms with Gasteiger partial charge in [-0.1, -0.05) is 12.1 Å². The average molecular weight is 436 g/mol. The van der Waals surface area contributed by atoms with E-state index in [2.05, 4.69) is 15.6 Å². The highest BCUT2D eigenvalue weighted by molar-refractivity contribution is 7.20. The first-order chi connectivity index (χ1) is 14.4. The van der Waals surface area contributed by atoms with E-state index in [4.69, 9.17) is 0 Å². The molecule has 0 saturated heterocycles. The summed E-state index contributed by atoms with van der Waals surface area (Å²) in [6, 6.07) is 12.3. The molecule has 2 amide bonds. The third kappa shape index (κ3) is 4.00. The van der Waals surface area contributed by atoms with Gasteiger partial charge in [0.15, 0.2) is 5.78 Å². The molecule has 150 valence electrons. The molecule has 4 rings (SSSR count). The lowest BCUT2D eigenvalue weighted by atomic mass is 10.1. The highest BCUT2D eigenvalue weighted by atomic mass is 32.1. The second-order valence-electron chi connectivity index (χ2n) is 6.66. The smallest absolute Gasteiger partial charge is 0.266 e. The molecule has 0 fully saturated rings. The summed E-state index contributed by atoms with van der Waals surface area (Å²) in [5.74, 6) is -0.523. The number of nitrogens with one attached hydrogen (secondary N) is 2. The first kappa shape index (κ1) is 19.9. The van der Waals surface area contributed by atoms with E-state index in [1.807, 2.05) is 18.4 Å². The lowest BCUT2D eigenvalue weighted by molar-refractivity contribution is 0.101. The summed E-state index contributed by atoms with van der Waals surface area (Å²) in [7, 11) is 0. The zero-order valence-electron chi connectivity index (χ0n) is 16.2. The molecule has 1 aromatic carbocycles. The Morgan fingerprint density at radius 3 is 2.37 bits per heavy atom. The minimum Gasteiger partial charge on any atom is -0.321 e. The van der Waals surface area contributed by atoms with E-state index < -0.39 is 0 Å². The first-order valence-corrected chi connectivity index (χ1v) is 10.8. The molecule has 6 nitrogen and oxygen atoms in total. The highest BCUT2D eigenvalue weighted by Crippen LogP contribution is 2.31. The van der Waals surface area contributed by atoms with Crippen LogP contribution in [0.15, 0.2) is 54.0 Å². The number of benzene rings is 1. The van der Waals surface area contributed by atoms with Crippen LogP contribution in [0.2, 0.25) is 0 Å². The van der Waals surface area contributed by atoms with Crippen molar-refractivity contribution in [1.82, 2.24) is 4.98 Å². The second-order valence-corrected chi connectivity index (χ2v) is 8.60. The van der Waals surface area contributed by atoms with E-state index in [0.717, 1.165) is 10.9 Å². The molecule has 0 atom stereocenters. The number of amides is 2. The third-order valence-corrected chi connectivity index (χ3v) is 6.61. The van der Waals surface area contributed by atoms with E-state index in [-0.39, 0.29) is 17.6 Å². The Morgan fingerprint density at radius 2 is 1.70 bits per heavy atom. The maximum Gasteiger partial charge on any atom is 0.266 e. The van der Waals surface area contributed by atoms with Crippen LogP contribution in [-0.2, 0) is 0 Å². The molecular weight excluding hydrogens is 418 g/mol. The van der Waals surface area contributed by atoms with Gasteiger partial charge in [0, 0.05) is 28.5 Å². The van der Waals surface area contributed by atoms with Crippen LogP contribution in [0.25, 0.3) is 10.2 Å². The van der Waals surface area contributed by atoms with E-state index in [1.54, 1.807) is 36.4 Å². The lowest BCUT2D eigenvalue weighted by Gasteiger charge is -2.08. The predicted octanol–water partition coefficient (Wildman–Crippen LogP) is 5.37. The van der Waals surface area contributed by atoms with Gasteiger partial charge >= 0.3 is 0 Å². The number of aryl methyl sites for hydroxylation is 1. The summed E-state index contributed by atoms with van der Waals surface area (Å²) in [6.07, 6.45) is 1.53. The maximum absolute atomic E-state index is 12.9. The number of Topliss-reactive ketones (excluding diaryl/α,β-unsaturated/α-hetero) is 1. The van der Waals surface area contributed by atoms with Crippen LogP contribution >= 0.6 is 22.7 Å². The van der Waals surface area contributed by atoms with E-state index in [0.29, 0.717) is 31.5 Å². The first-order valence-electron chi connectivity index (χ1n) is 9.08. The second kappa shape index (κ2) is 8.17. The Kier molecular flexibility index (Phi) is 5.43. The van der Waals surface area contributed by atoms with Gasteiger partial charge < -0.3 is 10.6 Å². The molecular formula is C22H17N3O3S2. The van der Waals surface area contributed by atoms with Crippen LogP contribution in [0, 0.1) is 6.92 Å². The number of nitrogens with zero attached hydrogens (tertiary/aromatic N) is 1. The summed E-state index contributed by atoms with van der Waals surface area (Å²) in [4.78, 5) is 42.9. The van der Waals surface area contributed by atoms with Gasteiger partial charge in [-0.3, -0.25) is 14.4 Å². The fraction of sp³-hybridized carbons (Fsp3) is 0.0909. The Hall–Kier alpha value is -3.36. The number of ketones is 1. The predicted molar refractivity (Wildman–Crippen MR) is 121 cm³/mol. The number of aromatic nitrogens is 1. The van der Waals surface area contributed by atoms with Crippen molar-refractivity contribution in [3.05, 3.63) is 74.9 Å². The summed E-state index contributed by atoms with van der Waals surface area (Å²) in [5, 5.41) is 8.34. The number of fused-ring (bicyclic) bond motifs is 1. The lowest BCUT2D eigenvalue weighted by Crippen LogP contribution is -2.13. The van der Waals surface area contributed by atoms with Gasteiger partial charge in [0.25, 0.3) is 11.8 Å². The highest BCUT2D eigenvalue weighted by Gasteiger charge is 2.18. The van der Waals surface area contributed by atoms with Crippen molar-refractivity contribution < 1.29 is 14.4 Å². The number of thiophene rings is 2. The van der Waals surface area contributed by atoms with E-state index in [9.17, 15) is 14.4 Å². The summed E-state index contributed by atoms with van der Waals surface area (Å²) < 4.78 is 0. The molecule has 2 N–H and O–H groups in total. The van der Waals surface area contributed by atoms with Gasteiger partial charge in [0.05, 0.1) is 9.75 Å². The number of hydrogen-bond donors (Lipinski definition) is 2. The van der Waals surface area contributed by atoms with Crippen molar-refractivity contribution in [2.75, 3.05) is 10.6 Å². The third-order valence-electron chi connectivity index (χ3n) is 4.53. The van der Waals surface area contributed by atoms with Gasteiger partial charge in [-0.15, -0.1) is 22.7 Å². The van der Waals surface area contributed by atoms with Crippen LogP contribution in [0.5, 0.6) is 0 Å². The fourth-order valence-electron chi connectivity index (χ4n) is 2.97. The van der Waals surface area contributed by atoms with Crippen LogP contribution in [-0.4, -0.2) is 22.6 Å². The average Bonchev–Trinajstić information content (AvgIpc) is 3.36. The Balaban J connectivity index is 1.55. The molecule has 0 saturated carbocycles. The molecule has 8 heteroatoms. The maximum atomic E-state index is 12.9. The van der Waals surface area contributed by atoms with E-state index >= 15 is 0 Å². The summed E-state index contributed by atoms with van der Waals surface area (Å²) >= 11 is 2.64. The monoisotopic (exact) mass is 435 g/mol. The van der Waals surface area contributed by atoms with Crippen molar-refractivity contribution in [1.29, 1.82) is 0 Å². The Bertz CT molecular complexity index is 1280. The molecule has 0 aliphatic heterocycles. The van der Waals surface area contributed by atoms with Crippen molar-refractivity contribution in [3.8, 4) is 0 Å². The molecule has 3 aromatic heterocycles. The molecule has 4 aromatic rings. The van der Waals surface area contributed by atoms with Crippen molar-refractivity contribution in [3.63, 3.8) is 0 Å². The standard InChI is InChI=1S/C22H17N3O3S2/c1-12-17-9-14(13(2)26)11-23-22(17)30-19(12)21(28)25-16-6-3-5-15(10-16)24-20(27)18-7-4-8-29-18/h3-11H,1-2H3,(H,24,27)(H,25,28). The zero-order chi connectivity index (χ0) is 21.3. The minimum absolute atomic E-state index is 0.0672. The summed E-state index contributed by atoms with van der Waals surface area (Å²) in [5.41, 5.74) is 2.46. The van der Waals surface area contributed by atoms with Crippen molar-refractivity contribution in [2.45, 2.75) is 13.8 Å². The van der Waals surface area contributed by atoms with Gasteiger partial charge in [-0.25, -0.2) is 4.98 Å².